The zero-order chi connectivity index (χ0) is 13.1. The summed E-state index contributed by atoms with van der Waals surface area (Å²) in [5.41, 5.74) is 3.29. The summed E-state index contributed by atoms with van der Waals surface area (Å²) in [4.78, 5) is 8.88. The molecule has 0 amide bonds. The van der Waals surface area contributed by atoms with Crippen molar-refractivity contribution in [3.63, 3.8) is 0 Å². The molecule has 2 aromatic heterocycles. The average molecular weight is 244 g/mol. The molecule has 0 atom stereocenters. The minimum atomic E-state index is 0.401. The SMILES string of the molecule is Cc1cn(C(C)C)c(NCc2ncccc2C)n1. The summed E-state index contributed by atoms with van der Waals surface area (Å²) in [5.74, 6) is 0.910. The molecule has 0 aliphatic carbocycles. The first kappa shape index (κ1) is 12.6. The molecule has 4 heteroatoms. The third-order valence-electron chi connectivity index (χ3n) is 2.94. The lowest BCUT2D eigenvalue weighted by Gasteiger charge is -2.13. The van der Waals surface area contributed by atoms with Crippen molar-refractivity contribution in [3.05, 3.63) is 41.5 Å². The highest BCUT2D eigenvalue weighted by Crippen LogP contribution is 2.16. The molecule has 0 unspecified atom stereocenters. The van der Waals surface area contributed by atoms with E-state index in [1.807, 2.05) is 19.2 Å². The zero-order valence-corrected chi connectivity index (χ0v) is 11.4. The Morgan fingerprint density at radius 2 is 2.11 bits per heavy atom. The van der Waals surface area contributed by atoms with Gasteiger partial charge in [-0.15, -0.1) is 0 Å². The smallest absolute Gasteiger partial charge is 0.203 e. The molecule has 1 N–H and O–H groups in total. The molecule has 2 heterocycles. The van der Waals surface area contributed by atoms with Crippen molar-refractivity contribution in [3.8, 4) is 0 Å². The lowest BCUT2D eigenvalue weighted by atomic mass is 10.2. The number of imidazole rings is 1. The summed E-state index contributed by atoms with van der Waals surface area (Å²) >= 11 is 0. The van der Waals surface area contributed by atoms with Crippen LogP contribution in [0.3, 0.4) is 0 Å². The van der Waals surface area contributed by atoms with E-state index in [1.54, 1.807) is 0 Å². The van der Waals surface area contributed by atoms with Gasteiger partial charge in [-0.25, -0.2) is 4.98 Å². The summed E-state index contributed by atoms with van der Waals surface area (Å²) in [6, 6.07) is 4.43. The predicted octanol–water partition coefficient (Wildman–Crippen LogP) is 3.09. The minimum absolute atomic E-state index is 0.401. The molecule has 0 saturated heterocycles. The first-order valence-corrected chi connectivity index (χ1v) is 6.27. The first-order valence-electron chi connectivity index (χ1n) is 6.27. The van der Waals surface area contributed by atoms with Gasteiger partial charge in [-0.3, -0.25) is 4.98 Å². The van der Waals surface area contributed by atoms with Crippen molar-refractivity contribution < 1.29 is 0 Å². The van der Waals surface area contributed by atoms with Gasteiger partial charge in [0.25, 0.3) is 0 Å². The summed E-state index contributed by atoms with van der Waals surface area (Å²) in [5, 5.41) is 3.36. The average Bonchev–Trinajstić information content (AvgIpc) is 2.70. The normalized spacial score (nSPS) is 10.9. The van der Waals surface area contributed by atoms with Crippen molar-refractivity contribution in [1.82, 2.24) is 14.5 Å². The summed E-state index contributed by atoms with van der Waals surface area (Å²) in [6.07, 6.45) is 3.89. The lowest BCUT2D eigenvalue weighted by molar-refractivity contribution is 0.604. The van der Waals surface area contributed by atoms with Gasteiger partial charge >= 0.3 is 0 Å². The Morgan fingerprint density at radius 1 is 1.33 bits per heavy atom. The quantitative estimate of drug-likeness (QED) is 0.898. The number of rotatable bonds is 4. The second-order valence-corrected chi connectivity index (χ2v) is 4.83. The number of pyridine rings is 1. The van der Waals surface area contributed by atoms with Gasteiger partial charge < -0.3 is 9.88 Å². The van der Waals surface area contributed by atoms with Crippen LogP contribution in [0.1, 0.15) is 36.8 Å². The van der Waals surface area contributed by atoms with Gasteiger partial charge in [0.05, 0.1) is 17.9 Å². The summed E-state index contributed by atoms with van der Waals surface area (Å²) in [6.45, 7) is 9.09. The number of nitrogens with one attached hydrogen (secondary N) is 1. The maximum atomic E-state index is 4.50. The molecule has 0 radical (unpaired) electrons. The molecule has 18 heavy (non-hydrogen) atoms. The Morgan fingerprint density at radius 3 is 2.78 bits per heavy atom. The summed E-state index contributed by atoms with van der Waals surface area (Å²) < 4.78 is 2.15. The Hall–Kier alpha value is -1.84. The Labute approximate surface area is 108 Å². The van der Waals surface area contributed by atoms with E-state index in [1.165, 1.54) is 5.56 Å². The molecule has 0 aromatic carbocycles. The van der Waals surface area contributed by atoms with Crippen molar-refractivity contribution in [2.24, 2.45) is 0 Å². The Kier molecular flexibility index (Phi) is 3.65. The highest BCUT2D eigenvalue weighted by Gasteiger charge is 2.08. The van der Waals surface area contributed by atoms with Crippen LogP contribution in [0.4, 0.5) is 5.95 Å². The lowest BCUT2D eigenvalue weighted by Crippen LogP contribution is -2.10. The van der Waals surface area contributed by atoms with Crippen LogP contribution in [0.25, 0.3) is 0 Å². The van der Waals surface area contributed by atoms with E-state index in [0.717, 1.165) is 17.3 Å². The maximum absolute atomic E-state index is 4.50. The number of aryl methyl sites for hydroxylation is 2. The molecule has 0 aliphatic rings. The second-order valence-electron chi connectivity index (χ2n) is 4.83. The Bertz CT molecular complexity index is 528. The van der Waals surface area contributed by atoms with Crippen LogP contribution in [0, 0.1) is 13.8 Å². The van der Waals surface area contributed by atoms with Crippen molar-refractivity contribution in [1.29, 1.82) is 0 Å². The van der Waals surface area contributed by atoms with Crippen LogP contribution in [-0.2, 0) is 6.54 Å². The van der Waals surface area contributed by atoms with E-state index in [2.05, 4.69) is 52.9 Å². The van der Waals surface area contributed by atoms with Gasteiger partial charge in [0.2, 0.25) is 5.95 Å². The number of hydrogen-bond acceptors (Lipinski definition) is 3. The van der Waals surface area contributed by atoms with Crippen LogP contribution in [0.15, 0.2) is 24.5 Å². The number of anilines is 1. The minimum Gasteiger partial charge on any atom is -0.350 e. The van der Waals surface area contributed by atoms with Crippen molar-refractivity contribution in [2.45, 2.75) is 40.3 Å². The number of aromatic nitrogens is 3. The molecule has 0 aliphatic heterocycles. The van der Waals surface area contributed by atoms with Gasteiger partial charge in [0.1, 0.15) is 0 Å². The van der Waals surface area contributed by atoms with Gasteiger partial charge in [-0.2, -0.15) is 0 Å². The van der Waals surface area contributed by atoms with Crippen LogP contribution in [-0.4, -0.2) is 14.5 Å². The van der Waals surface area contributed by atoms with Crippen molar-refractivity contribution in [2.75, 3.05) is 5.32 Å². The molecule has 2 rings (SSSR count). The molecular weight excluding hydrogens is 224 g/mol. The second kappa shape index (κ2) is 5.21. The van der Waals surface area contributed by atoms with Crippen LogP contribution < -0.4 is 5.32 Å². The van der Waals surface area contributed by atoms with Crippen LogP contribution >= 0.6 is 0 Å². The van der Waals surface area contributed by atoms with Gasteiger partial charge in [0, 0.05) is 18.4 Å². The van der Waals surface area contributed by atoms with Gasteiger partial charge in [-0.1, -0.05) is 6.07 Å². The maximum Gasteiger partial charge on any atom is 0.203 e. The fourth-order valence-corrected chi connectivity index (χ4v) is 1.91. The zero-order valence-electron chi connectivity index (χ0n) is 11.4. The van der Waals surface area contributed by atoms with E-state index < -0.39 is 0 Å². The van der Waals surface area contributed by atoms with E-state index in [0.29, 0.717) is 12.6 Å². The topological polar surface area (TPSA) is 42.7 Å². The van der Waals surface area contributed by atoms with Gasteiger partial charge in [0.15, 0.2) is 0 Å². The molecule has 0 fully saturated rings. The van der Waals surface area contributed by atoms with Crippen LogP contribution in [0.5, 0.6) is 0 Å². The number of nitrogens with zero attached hydrogens (tertiary/aromatic N) is 3. The highest BCUT2D eigenvalue weighted by atomic mass is 15.2. The highest BCUT2D eigenvalue weighted by molar-refractivity contribution is 5.31. The van der Waals surface area contributed by atoms with Crippen LogP contribution in [0.2, 0.25) is 0 Å². The molecule has 0 spiro atoms. The van der Waals surface area contributed by atoms with Gasteiger partial charge in [-0.05, 0) is 39.3 Å². The standard InChI is InChI=1S/C14H20N4/c1-10(2)18-9-12(4)17-14(18)16-8-13-11(3)6-5-7-15-13/h5-7,9-10H,8H2,1-4H3,(H,16,17). The monoisotopic (exact) mass is 244 g/mol. The largest absolute Gasteiger partial charge is 0.350 e. The van der Waals surface area contributed by atoms with E-state index in [4.69, 9.17) is 0 Å². The van der Waals surface area contributed by atoms with Crippen molar-refractivity contribution >= 4 is 5.95 Å². The third-order valence-corrected chi connectivity index (χ3v) is 2.94. The fraction of sp³-hybridized carbons (Fsp3) is 0.429. The molecule has 96 valence electrons. The third kappa shape index (κ3) is 2.70. The first-order chi connectivity index (χ1) is 8.58. The van der Waals surface area contributed by atoms with E-state index >= 15 is 0 Å². The predicted molar refractivity (Wildman–Crippen MR) is 73.6 cm³/mol. The number of hydrogen-bond donors (Lipinski definition) is 1. The fourth-order valence-electron chi connectivity index (χ4n) is 1.91. The molecule has 0 saturated carbocycles. The molecular formula is C14H20N4. The Balaban J connectivity index is 2.13. The van der Waals surface area contributed by atoms with E-state index in [9.17, 15) is 0 Å². The molecule has 0 bridgehead atoms. The molecule has 2 aromatic rings. The van der Waals surface area contributed by atoms with E-state index in [-0.39, 0.29) is 0 Å². The summed E-state index contributed by atoms with van der Waals surface area (Å²) in [7, 11) is 0. The molecule has 4 nitrogen and oxygen atoms in total.